The fraction of sp³-hybridized carbons (Fsp3) is 0.333. The van der Waals surface area contributed by atoms with Crippen LogP contribution in [-0.4, -0.2) is 53.9 Å². The number of nitrogens with zero attached hydrogens (tertiary/aromatic N) is 5. The number of piperidine rings is 1. The van der Waals surface area contributed by atoms with Gasteiger partial charge in [0.05, 0.1) is 24.0 Å². The lowest BCUT2D eigenvalue weighted by Gasteiger charge is -2.38. The lowest BCUT2D eigenvalue weighted by atomic mass is 9.91. The summed E-state index contributed by atoms with van der Waals surface area (Å²) in [4.78, 5) is 31.8. The van der Waals surface area contributed by atoms with Gasteiger partial charge in [0.25, 0.3) is 5.56 Å². The van der Waals surface area contributed by atoms with Crippen LogP contribution in [0.1, 0.15) is 25.7 Å². The lowest BCUT2D eigenvalue weighted by Crippen LogP contribution is -2.50. The number of hydrogen-bond acceptors (Lipinski definition) is 5. The van der Waals surface area contributed by atoms with E-state index >= 15 is 0 Å². The van der Waals surface area contributed by atoms with E-state index in [1.807, 2.05) is 4.90 Å². The average Bonchev–Trinajstić information content (AvgIpc) is 3.66. The maximum Gasteiger partial charge on any atom is 0.264 e. The van der Waals surface area contributed by atoms with Crippen molar-refractivity contribution >= 4 is 16.9 Å². The van der Waals surface area contributed by atoms with Gasteiger partial charge in [-0.05, 0) is 61.1 Å². The molecule has 2 fully saturated rings. The third-order valence-corrected chi connectivity index (χ3v) is 7.30. The zero-order valence-corrected chi connectivity index (χ0v) is 20.0. The molecule has 8 nitrogen and oxygen atoms in total. The summed E-state index contributed by atoms with van der Waals surface area (Å²) >= 11 is 0. The third-order valence-electron chi connectivity index (χ3n) is 7.30. The Morgan fingerprint density at radius 2 is 1.81 bits per heavy atom. The van der Waals surface area contributed by atoms with Crippen LogP contribution < -0.4 is 5.56 Å². The van der Waals surface area contributed by atoms with Gasteiger partial charge in [-0.3, -0.25) is 14.2 Å². The Morgan fingerprint density at radius 1 is 1.05 bits per heavy atom. The maximum absolute atomic E-state index is 13.7. The summed E-state index contributed by atoms with van der Waals surface area (Å²) < 4.78 is 30.0. The molecule has 1 saturated carbocycles. The van der Waals surface area contributed by atoms with Crippen molar-refractivity contribution in [3.8, 4) is 16.8 Å². The van der Waals surface area contributed by atoms with Crippen LogP contribution in [0.5, 0.6) is 0 Å². The Morgan fingerprint density at radius 3 is 2.54 bits per heavy atom. The van der Waals surface area contributed by atoms with E-state index in [2.05, 4.69) is 10.1 Å². The largest absolute Gasteiger partial charge is 0.388 e. The second-order valence-corrected chi connectivity index (χ2v) is 9.97. The number of hydrogen-bond donors (Lipinski definition) is 1. The van der Waals surface area contributed by atoms with Crippen molar-refractivity contribution in [1.29, 1.82) is 0 Å². The van der Waals surface area contributed by atoms with Crippen molar-refractivity contribution in [2.75, 3.05) is 13.1 Å². The van der Waals surface area contributed by atoms with E-state index in [0.717, 1.165) is 25.0 Å². The number of likely N-dealkylation sites (tertiary alicyclic amines) is 1. The van der Waals surface area contributed by atoms with Crippen LogP contribution in [0.4, 0.5) is 8.78 Å². The minimum absolute atomic E-state index is 0.0804. The molecule has 2 aromatic heterocycles. The number of fused-ring (bicyclic) bond motifs is 1. The summed E-state index contributed by atoms with van der Waals surface area (Å²) in [6, 6.07) is 10.8. The Hall–Kier alpha value is -3.92. The molecule has 2 aliphatic rings. The highest BCUT2D eigenvalue weighted by atomic mass is 19.2. The maximum atomic E-state index is 13.7. The molecule has 1 saturated heterocycles. The Labute approximate surface area is 210 Å². The Balaban J connectivity index is 1.25. The molecule has 190 valence electrons. The van der Waals surface area contributed by atoms with Crippen LogP contribution in [0.3, 0.4) is 0 Å². The van der Waals surface area contributed by atoms with E-state index in [0.29, 0.717) is 53.8 Å². The molecule has 4 aromatic rings. The van der Waals surface area contributed by atoms with Gasteiger partial charge in [0.2, 0.25) is 5.91 Å². The zero-order chi connectivity index (χ0) is 25.7. The molecular formula is C27H25F2N5O3. The molecule has 0 spiro atoms. The topological polar surface area (TPSA) is 93.2 Å². The monoisotopic (exact) mass is 505 g/mol. The van der Waals surface area contributed by atoms with Crippen molar-refractivity contribution in [3.63, 3.8) is 0 Å². The lowest BCUT2D eigenvalue weighted by molar-refractivity contribution is -0.137. The van der Waals surface area contributed by atoms with Crippen LogP contribution in [0, 0.1) is 17.6 Å². The minimum Gasteiger partial charge on any atom is -0.388 e. The highest BCUT2D eigenvalue weighted by Crippen LogP contribution is 2.33. The van der Waals surface area contributed by atoms with Gasteiger partial charge in [0.1, 0.15) is 11.7 Å². The number of carbonyl (C=O) groups excluding carboxylic acids is 1. The van der Waals surface area contributed by atoms with E-state index < -0.39 is 17.2 Å². The highest BCUT2D eigenvalue weighted by molar-refractivity contribution is 5.81. The van der Waals surface area contributed by atoms with Crippen molar-refractivity contribution in [3.05, 3.63) is 77.0 Å². The van der Waals surface area contributed by atoms with E-state index in [9.17, 15) is 23.5 Å². The normalized spacial score (nSPS) is 17.3. The van der Waals surface area contributed by atoms with Gasteiger partial charge in [0, 0.05) is 19.0 Å². The number of aromatic nitrogens is 4. The second kappa shape index (κ2) is 8.88. The summed E-state index contributed by atoms with van der Waals surface area (Å²) in [7, 11) is 0. The fourth-order valence-corrected chi connectivity index (χ4v) is 4.95. The summed E-state index contributed by atoms with van der Waals surface area (Å²) in [6.07, 6.45) is 5.53. The summed E-state index contributed by atoms with van der Waals surface area (Å²) in [5.41, 5.74) is 0.688. The van der Waals surface area contributed by atoms with Gasteiger partial charge >= 0.3 is 0 Å². The molecule has 10 heteroatoms. The predicted octanol–water partition coefficient (Wildman–Crippen LogP) is 3.29. The molecule has 3 heterocycles. The van der Waals surface area contributed by atoms with Gasteiger partial charge in [0.15, 0.2) is 17.3 Å². The Bertz CT molecular complexity index is 1570. The Kier molecular flexibility index (Phi) is 5.63. The van der Waals surface area contributed by atoms with Crippen LogP contribution in [-0.2, 0) is 11.3 Å². The average molecular weight is 506 g/mol. The van der Waals surface area contributed by atoms with Crippen molar-refractivity contribution in [2.45, 2.75) is 37.8 Å². The number of halogens is 2. The fourth-order valence-electron chi connectivity index (χ4n) is 4.95. The SMILES string of the molecule is O=C(C1CC1)N1CCC(O)(Cn2cnc3c(cnn3-c3cccc(-c4ccc(F)c(F)c4)c3)c2=O)CC1. The molecule has 37 heavy (non-hydrogen) atoms. The van der Waals surface area contributed by atoms with Gasteiger partial charge in [-0.1, -0.05) is 18.2 Å². The first-order valence-corrected chi connectivity index (χ1v) is 12.3. The standard InChI is InChI=1S/C27H25F2N5O3/c28-22-7-6-19(13-23(22)29)18-2-1-3-20(12-18)34-24-21(14-31-34)26(36)33(16-30-24)15-27(37)8-10-32(11-9-27)25(35)17-4-5-17/h1-3,6-7,12-14,16-17,37H,4-5,8-11,15H2. The predicted molar refractivity (Wildman–Crippen MR) is 132 cm³/mol. The zero-order valence-electron chi connectivity index (χ0n) is 20.0. The second-order valence-electron chi connectivity index (χ2n) is 9.97. The quantitative estimate of drug-likeness (QED) is 0.449. The van der Waals surface area contributed by atoms with Gasteiger partial charge in [-0.2, -0.15) is 5.10 Å². The van der Waals surface area contributed by atoms with Crippen molar-refractivity contribution in [1.82, 2.24) is 24.2 Å². The van der Waals surface area contributed by atoms with E-state index in [4.69, 9.17) is 0 Å². The molecule has 0 unspecified atom stereocenters. The van der Waals surface area contributed by atoms with Crippen LogP contribution in [0.15, 0.2) is 59.8 Å². The molecule has 1 N–H and O–H groups in total. The molecule has 0 atom stereocenters. The minimum atomic E-state index is -1.10. The molecule has 1 aliphatic carbocycles. The highest BCUT2D eigenvalue weighted by Gasteiger charge is 2.39. The third kappa shape index (κ3) is 4.42. The molecule has 6 rings (SSSR count). The van der Waals surface area contributed by atoms with Crippen LogP contribution in [0.25, 0.3) is 27.8 Å². The molecule has 1 amide bonds. The smallest absolute Gasteiger partial charge is 0.264 e. The van der Waals surface area contributed by atoms with Crippen LogP contribution >= 0.6 is 0 Å². The van der Waals surface area contributed by atoms with E-state index in [-0.39, 0.29) is 23.9 Å². The first-order chi connectivity index (χ1) is 17.8. The number of benzene rings is 2. The molecule has 1 aliphatic heterocycles. The van der Waals surface area contributed by atoms with E-state index in [1.165, 1.54) is 27.8 Å². The van der Waals surface area contributed by atoms with Gasteiger partial charge in [-0.25, -0.2) is 18.4 Å². The number of amides is 1. The molecule has 2 aromatic carbocycles. The van der Waals surface area contributed by atoms with Crippen molar-refractivity contribution < 1.29 is 18.7 Å². The summed E-state index contributed by atoms with van der Waals surface area (Å²) in [5.74, 6) is -1.53. The first kappa shape index (κ1) is 23.5. The summed E-state index contributed by atoms with van der Waals surface area (Å²) in [5, 5.41) is 15.8. The molecule has 0 radical (unpaired) electrons. The van der Waals surface area contributed by atoms with Crippen molar-refractivity contribution in [2.24, 2.45) is 5.92 Å². The van der Waals surface area contributed by atoms with Gasteiger partial charge in [-0.15, -0.1) is 0 Å². The first-order valence-electron chi connectivity index (χ1n) is 12.3. The number of aliphatic hydroxyl groups is 1. The number of rotatable bonds is 5. The van der Waals surface area contributed by atoms with Gasteiger partial charge < -0.3 is 10.0 Å². The molecular weight excluding hydrogens is 480 g/mol. The molecule has 0 bridgehead atoms. The summed E-state index contributed by atoms with van der Waals surface area (Å²) in [6.45, 7) is 1.03. The van der Waals surface area contributed by atoms with E-state index in [1.54, 1.807) is 24.3 Å². The van der Waals surface area contributed by atoms with Crippen LogP contribution in [0.2, 0.25) is 0 Å². The number of carbonyl (C=O) groups is 1.